The fraction of sp³-hybridized carbons (Fsp3) is 0.0909. The van der Waals surface area contributed by atoms with Gasteiger partial charge in [-0.05, 0) is 6.07 Å². The van der Waals surface area contributed by atoms with Crippen LogP contribution in [-0.4, -0.2) is 20.9 Å². The summed E-state index contributed by atoms with van der Waals surface area (Å²) in [5.41, 5.74) is 0.237. The van der Waals surface area contributed by atoms with E-state index in [9.17, 15) is 9.18 Å². The molecule has 0 radical (unpaired) electrons. The summed E-state index contributed by atoms with van der Waals surface area (Å²) in [7, 11) is 0. The normalized spacial score (nSPS) is 10.5. The van der Waals surface area contributed by atoms with Gasteiger partial charge in [0.25, 0.3) is 0 Å². The molecule has 1 aromatic carbocycles. The average Bonchev–Trinajstić information content (AvgIpc) is 2.64. The third-order valence-corrected chi connectivity index (χ3v) is 2.53. The van der Waals surface area contributed by atoms with E-state index in [1.165, 1.54) is 16.8 Å². The Morgan fingerprint density at radius 2 is 2.18 bits per heavy atom. The lowest BCUT2D eigenvalue weighted by molar-refractivity contribution is 0.0689. The Hall–Kier alpha value is -1.88. The van der Waals surface area contributed by atoms with Gasteiger partial charge in [-0.1, -0.05) is 29.8 Å². The number of benzene rings is 1. The second-order valence-electron chi connectivity index (χ2n) is 3.41. The average molecular weight is 255 g/mol. The topological polar surface area (TPSA) is 55.1 Å². The van der Waals surface area contributed by atoms with Crippen LogP contribution in [0.15, 0.2) is 30.3 Å². The molecule has 0 aliphatic rings. The largest absolute Gasteiger partial charge is 0.476 e. The summed E-state index contributed by atoms with van der Waals surface area (Å²) >= 11 is 5.81. The van der Waals surface area contributed by atoms with Gasteiger partial charge in [-0.25, -0.2) is 13.9 Å². The number of carboxylic acids is 1. The van der Waals surface area contributed by atoms with E-state index < -0.39 is 5.97 Å². The second-order valence-corrected chi connectivity index (χ2v) is 3.79. The van der Waals surface area contributed by atoms with Crippen LogP contribution in [0.2, 0.25) is 5.15 Å². The summed E-state index contributed by atoms with van der Waals surface area (Å²) < 4.78 is 14.6. The molecule has 0 aliphatic heterocycles. The highest BCUT2D eigenvalue weighted by atomic mass is 35.5. The van der Waals surface area contributed by atoms with Crippen LogP contribution >= 0.6 is 11.6 Å². The van der Waals surface area contributed by atoms with Crippen LogP contribution in [0.1, 0.15) is 16.1 Å². The number of aromatic nitrogens is 2. The van der Waals surface area contributed by atoms with E-state index in [2.05, 4.69) is 5.10 Å². The third kappa shape index (κ3) is 2.45. The molecule has 0 spiro atoms. The van der Waals surface area contributed by atoms with Gasteiger partial charge in [0.1, 0.15) is 11.0 Å². The molecular weight excluding hydrogens is 247 g/mol. The first kappa shape index (κ1) is 11.6. The quantitative estimate of drug-likeness (QED) is 0.915. The fourth-order valence-corrected chi connectivity index (χ4v) is 1.60. The minimum Gasteiger partial charge on any atom is -0.476 e. The van der Waals surface area contributed by atoms with E-state index in [-0.39, 0.29) is 23.2 Å². The van der Waals surface area contributed by atoms with Crippen LogP contribution in [0.3, 0.4) is 0 Å². The molecule has 2 aromatic rings. The van der Waals surface area contributed by atoms with Crippen LogP contribution < -0.4 is 0 Å². The molecule has 6 heteroatoms. The zero-order valence-electron chi connectivity index (χ0n) is 8.60. The van der Waals surface area contributed by atoms with Crippen LogP contribution in [0.25, 0.3) is 0 Å². The summed E-state index contributed by atoms with van der Waals surface area (Å²) in [6, 6.07) is 7.41. The number of rotatable bonds is 3. The summed E-state index contributed by atoms with van der Waals surface area (Å²) in [5, 5.41) is 12.7. The van der Waals surface area contributed by atoms with Gasteiger partial charge in [-0.3, -0.25) is 0 Å². The smallest absolute Gasteiger partial charge is 0.356 e. The number of hydrogen-bond acceptors (Lipinski definition) is 2. The van der Waals surface area contributed by atoms with Gasteiger partial charge in [-0.2, -0.15) is 5.10 Å². The first-order valence-electron chi connectivity index (χ1n) is 4.78. The zero-order valence-corrected chi connectivity index (χ0v) is 9.36. The van der Waals surface area contributed by atoms with Crippen molar-refractivity contribution in [2.45, 2.75) is 6.54 Å². The summed E-state index contributed by atoms with van der Waals surface area (Å²) in [6.45, 7) is 0.0960. The highest BCUT2D eigenvalue weighted by Gasteiger charge is 2.12. The maximum Gasteiger partial charge on any atom is 0.356 e. The number of carbonyl (C=O) groups is 1. The molecular formula is C11H8ClFN2O2. The SMILES string of the molecule is O=C(O)c1cc(Cl)n(Cc2ccccc2F)n1. The Kier molecular flexibility index (Phi) is 3.10. The lowest BCUT2D eigenvalue weighted by Crippen LogP contribution is -2.06. The molecule has 1 aromatic heterocycles. The fourth-order valence-electron chi connectivity index (χ4n) is 1.40. The van der Waals surface area contributed by atoms with E-state index >= 15 is 0 Å². The molecule has 0 saturated heterocycles. The molecule has 0 amide bonds. The highest BCUT2D eigenvalue weighted by molar-refractivity contribution is 6.29. The maximum atomic E-state index is 13.4. The van der Waals surface area contributed by atoms with Crippen LogP contribution in [0.5, 0.6) is 0 Å². The molecule has 4 nitrogen and oxygen atoms in total. The standard InChI is InChI=1S/C11H8ClFN2O2/c12-10-5-9(11(16)17)14-15(10)6-7-3-1-2-4-8(7)13/h1-5H,6H2,(H,16,17). The molecule has 0 bridgehead atoms. The van der Waals surface area contributed by atoms with Crippen molar-refractivity contribution in [3.05, 3.63) is 52.6 Å². The maximum absolute atomic E-state index is 13.4. The summed E-state index contributed by atoms with van der Waals surface area (Å²) in [4.78, 5) is 10.7. The Bertz CT molecular complexity index is 568. The van der Waals surface area contributed by atoms with E-state index in [1.54, 1.807) is 18.2 Å². The Labute approximate surface area is 101 Å². The lowest BCUT2D eigenvalue weighted by Gasteiger charge is -2.04. The molecule has 0 fully saturated rings. The number of halogens is 2. The van der Waals surface area contributed by atoms with Crippen molar-refractivity contribution >= 4 is 17.6 Å². The Morgan fingerprint density at radius 1 is 1.47 bits per heavy atom. The predicted octanol–water partition coefficient (Wildman–Crippen LogP) is 2.42. The van der Waals surface area contributed by atoms with E-state index in [0.29, 0.717) is 5.56 Å². The molecule has 1 heterocycles. The van der Waals surface area contributed by atoms with Crippen LogP contribution in [0.4, 0.5) is 4.39 Å². The van der Waals surface area contributed by atoms with Gasteiger partial charge < -0.3 is 5.11 Å². The minimum absolute atomic E-state index is 0.0960. The van der Waals surface area contributed by atoms with Crippen molar-refractivity contribution < 1.29 is 14.3 Å². The first-order valence-corrected chi connectivity index (χ1v) is 5.16. The third-order valence-electron chi connectivity index (χ3n) is 2.23. The molecule has 0 saturated carbocycles. The molecule has 0 atom stereocenters. The van der Waals surface area contributed by atoms with Gasteiger partial charge >= 0.3 is 5.97 Å². The lowest BCUT2D eigenvalue weighted by atomic mass is 10.2. The highest BCUT2D eigenvalue weighted by Crippen LogP contribution is 2.15. The Morgan fingerprint density at radius 3 is 2.76 bits per heavy atom. The van der Waals surface area contributed by atoms with Crippen molar-refractivity contribution in [3.63, 3.8) is 0 Å². The first-order chi connectivity index (χ1) is 8.08. The summed E-state index contributed by atoms with van der Waals surface area (Å²) in [5.74, 6) is -1.55. The van der Waals surface area contributed by atoms with Crippen LogP contribution in [-0.2, 0) is 6.54 Å². The van der Waals surface area contributed by atoms with Crippen molar-refractivity contribution in [1.29, 1.82) is 0 Å². The number of nitrogens with zero attached hydrogens (tertiary/aromatic N) is 2. The minimum atomic E-state index is -1.17. The van der Waals surface area contributed by atoms with Gasteiger partial charge in [0, 0.05) is 11.6 Å². The van der Waals surface area contributed by atoms with Crippen molar-refractivity contribution in [2.75, 3.05) is 0 Å². The second kappa shape index (κ2) is 4.55. The predicted molar refractivity (Wildman–Crippen MR) is 59.7 cm³/mol. The van der Waals surface area contributed by atoms with E-state index in [4.69, 9.17) is 16.7 Å². The zero-order chi connectivity index (χ0) is 12.4. The summed E-state index contributed by atoms with van der Waals surface area (Å²) in [6.07, 6.45) is 0. The Balaban J connectivity index is 2.30. The van der Waals surface area contributed by atoms with Crippen molar-refractivity contribution in [2.24, 2.45) is 0 Å². The molecule has 2 rings (SSSR count). The van der Waals surface area contributed by atoms with Gasteiger partial charge in [0.15, 0.2) is 5.69 Å². The molecule has 1 N–H and O–H groups in total. The van der Waals surface area contributed by atoms with E-state index in [0.717, 1.165) is 0 Å². The molecule has 0 unspecified atom stereocenters. The van der Waals surface area contributed by atoms with Crippen molar-refractivity contribution in [3.8, 4) is 0 Å². The molecule has 0 aliphatic carbocycles. The van der Waals surface area contributed by atoms with Gasteiger partial charge in [0.05, 0.1) is 6.54 Å². The van der Waals surface area contributed by atoms with E-state index in [1.807, 2.05) is 0 Å². The van der Waals surface area contributed by atoms with Crippen LogP contribution in [0, 0.1) is 5.82 Å². The molecule has 88 valence electrons. The van der Waals surface area contributed by atoms with Gasteiger partial charge in [-0.15, -0.1) is 0 Å². The molecule has 17 heavy (non-hydrogen) atoms. The number of carboxylic acid groups (broad SMARTS) is 1. The monoisotopic (exact) mass is 254 g/mol. The number of hydrogen-bond donors (Lipinski definition) is 1. The van der Waals surface area contributed by atoms with Crippen molar-refractivity contribution in [1.82, 2.24) is 9.78 Å². The van der Waals surface area contributed by atoms with Gasteiger partial charge in [0.2, 0.25) is 0 Å². The number of aromatic carboxylic acids is 1.